The number of aromatic hydroxyl groups is 1. The van der Waals surface area contributed by atoms with Gasteiger partial charge in [0.1, 0.15) is 28.1 Å². The number of aliphatic hydroxyl groups is 3. The van der Waals surface area contributed by atoms with Crippen molar-refractivity contribution in [1.82, 2.24) is 10.5 Å². The SMILES string of the molecule is Cc1c(N)c(O)c(C)c2sc3c(=N)c(=O)c4sc5c(=O)c(=N)c(S(=O)(OONCO)=S(CO)CO)c(N)c5sc4c3[nH]c12. The van der Waals surface area contributed by atoms with E-state index in [2.05, 4.69) is 9.97 Å². The predicted octanol–water partition coefficient (Wildman–Crippen LogP) is 0.372. The molecule has 0 saturated carbocycles. The summed E-state index contributed by atoms with van der Waals surface area (Å²) in [5, 5.41) is 55.1. The Balaban J connectivity index is 2.01. The van der Waals surface area contributed by atoms with Crippen LogP contribution >= 0.6 is 34.0 Å². The van der Waals surface area contributed by atoms with E-state index in [1.807, 2.05) is 5.48 Å². The number of H-pyrrole nitrogens is 1. The number of nitrogens with two attached hydrogens (primary N) is 2. The van der Waals surface area contributed by atoms with Crippen LogP contribution in [-0.2, 0) is 27.5 Å². The van der Waals surface area contributed by atoms with E-state index in [9.17, 15) is 29.1 Å². The minimum atomic E-state index is -4.22. The van der Waals surface area contributed by atoms with Crippen molar-refractivity contribution < 1.29 is 34.0 Å². The molecule has 3 aromatic carbocycles. The van der Waals surface area contributed by atoms with Crippen molar-refractivity contribution >= 4 is 103 Å². The summed E-state index contributed by atoms with van der Waals surface area (Å²) in [6.45, 7) is 2.59. The lowest BCUT2D eigenvalue weighted by Gasteiger charge is -2.17. The third kappa shape index (κ3) is 4.66. The second-order valence-corrected chi connectivity index (χ2v) is 17.6. The molecule has 0 aliphatic rings. The second kappa shape index (κ2) is 11.5. The molecule has 0 saturated heterocycles. The topological polar surface area (TPSA) is 278 Å². The van der Waals surface area contributed by atoms with Gasteiger partial charge in [0.25, 0.3) is 0 Å². The number of aromatic amines is 1. The molecule has 230 valence electrons. The molecule has 20 heteroatoms. The Morgan fingerprint density at radius 1 is 0.860 bits per heavy atom. The number of aromatic nitrogens is 1. The van der Waals surface area contributed by atoms with Crippen molar-refractivity contribution in [3.8, 4) is 5.75 Å². The highest BCUT2D eigenvalue weighted by Gasteiger charge is 2.29. The number of benzene rings is 3. The second-order valence-electron chi connectivity index (χ2n) is 8.93. The number of nitrogens with one attached hydrogen (secondary N) is 4. The van der Waals surface area contributed by atoms with E-state index in [0.717, 1.165) is 34.0 Å². The van der Waals surface area contributed by atoms with Crippen LogP contribution in [0.15, 0.2) is 14.5 Å². The molecule has 0 amide bonds. The standard InChI is InChI=1S/C23H24N6O9S5/c1-6-8(24)14(33)7(2)17-12(6)29-13-18(39-17)9(25)15(34)22-20(13)40-19-11(27)23(10(26)16(35)21(19)41-22)43(36,38-37-28-3-30)42(4-31)5-32/h25-26,28-33H,3-5,24,27H2,1-2H3. The van der Waals surface area contributed by atoms with Crippen LogP contribution in [0.2, 0.25) is 0 Å². The van der Waals surface area contributed by atoms with Crippen LogP contribution in [0.1, 0.15) is 11.1 Å². The molecule has 0 spiro atoms. The molecule has 12 N–H and O–H groups in total. The van der Waals surface area contributed by atoms with E-state index < -0.39 is 57.9 Å². The summed E-state index contributed by atoms with van der Waals surface area (Å²) in [6, 6.07) is 0. The van der Waals surface area contributed by atoms with Gasteiger partial charge in [-0.2, -0.15) is 0 Å². The van der Waals surface area contributed by atoms with Crippen molar-refractivity contribution in [2.75, 3.05) is 30.1 Å². The molecule has 0 aliphatic heterocycles. The lowest BCUT2D eigenvalue weighted by molar-refractivity contribution is -0.261. The largest absolute Gasteiger partial charge is 0.505 e. The first-order valence-corrected chi connectivity index (χ1v) is 17.9. The zero-order valence-corrected chi connectivity index (χ0v) is 26.2. The number of phenolic OH excluding ortho intramolecular Hbond substituents is 1. The molecule has 43 heavy (non-hydrogen) atoms. The maximum atomic E-state index is 14.1. The Labute approximate surface area is 253 Å². The number of phenols is 1. The van der Waals surface area contributed by atoms with Crippen molar-refractivity contribution in [2.24, 2.45) is 0 Å². The zero-order valence-electron chi connectivity index (χ0n) is 22.1. The van der Waals surface area contributed by atoms with E-state index in [-0.39, 0.29) is 41.3 Å². The highest BCUT2D eigenvalue weighted by Crippen LogP contribution is 2.42. The molecule has 2 aromatic heterocycles. The molecular formula is C23H24N6O9S5. The molecule has 1 atom stereocenters. The van der Waals surface area contributed by atoms with Gasteiger partial charge in [-0.25, -0.2) is 4.21 Å². The first-order chi connectivity index (χ1) is 20.3. The summed E-state index contributed by atoms with van der Waals surface area (Å²) in [5.41, 5.74) is 14.5. The van der Waals surface area contributed by atoms with Crippen LogP contribution in [0.25, 0.3) is 39.2 Å². The molecule has 5 aromatic rings. The fourth-order valence-electron chi connectivity index (χ4n) is 4.36. The Bertz CT molecular complexity index is 2380. The summed E-state index contributed by atoms with van der Waals surface area (Å²) in [6.07, 6.45) is 0. The van der Waals surface area contributed by atoms with Crippen LogP contribution in [-0.4, -0.2) is 48.2 Å². The molecule has 0 aliphatic carbocycles. The van der Waals surface area contributed by atoms with Gasteiger partial charge in [-0.3, -0.25) is 20.4 Å². The number of fused-ring (bicyclic) bond motifs is 5. The minimum absolute atomic E-state index is 0.0365. The number of hydrogen-bond acceptors (Lipinski definition) is 17. The van der Waals surface area contributed by atoms with Crippen LogP contribution in [0.3, 0.4) is 0 Å². The van der Waals surface area contributed by atoms with Crippen LogP contribution in [0, 0.1) is 24.7 Å². The summed E-state index contributed by atoms with van der Waals surface area (Å²) in [7, 11) is -6.14. The first kappa shape index (κ1) is 31.4. The number of aryl methyl sites for hydroxylation is 2. The van der Waals surface area contributed by atoms with E-state index in [4.69, 9.17) is 31.7 Å². The fourth-order valence-corrected chi connectivity index (χ4v) is 12.2. The predicted molar refractivity (Wildman–Crippen MR) is 169 cm³/mol. The van der Waals surface area contributed by atoms with Gasteiger partial charge in [0.2, 0.25) is 10.9 Å². The van der Waals surface area contributed by atoms with Gasteiger partial charge in [0.15, 0.2) is 8.77 Å². The number of hydroxylamine groups is 1. The Morgan fingerprint density at radius 2 is 1.44 bits per heavy atom. The zero-order chi connectivity index (χ0) is 31.5. The van der Waals surface area contributed by atoms with E-state index in [1.54, 1.807) is 13.8 Å². The average Bonchev–Trinajstić information content (AvgIpc) is 3.00. The molecule has 5 rings (SSSR count). The van der Waals surface area contributed by atoms with Gasteiger partial charge in [-0.15, -0.1) is 48.8 Å². The summed E-state index contributed by atoms with van der Waals surface area (Å²) in [5.74, 6) is -1.88. The molecule has 2 heterocycles. The lowest BCUT2D eigenvalue weighted by atomic mass is 10.1. The van der Waals surface area contributed by atoms with E-state index in [1.165, 1.54) is 0 Å². The van der Waals surface area contributed by atoms with Crippen molar-refractivity contribution in [2.45, 2.75) is 18.7 Å². The fraction of sp³-hybridized carbons (Fsp3) is 0.217. The number of aliphatic hydroxyl groups excluding tert-OH is 3. The molecule has 0 bridgehead atoms. The van der Waals surface area contributed by atoms with Crippen molar-refractivity contribution in [3.63, 3.8) is 0 Å². The summed E-state index contributed by atoms with van der Waals surface area (Å²) < 4.78 is 20.2. The van der Waals surface area contributed by atoms with Crippen LogP contribution in [0.5, 0.6) is 5.75 Å². The number of nitrogen functional groups attached to an aromatic ring is 2. The highest BCUT2D eigenvalue weighted by atomic mass is 32.9. The monoisotopic (exact) mass is 688 g/mol. The van der Waals surface area contributed by atoms with Gasteiger partial charge in [-0.05, 0) is 13.8 Å². The maximum absolute atomic E-state index is 14.1. The Morgan fingerprint density at radius 3 is 2.07 bits per heavy atom. The van der Waals surface area contributed by atoms with Gasteiger partial charge in [0.05, 0.1) is 62.5 Å². The normalized spacial score (nSPS) is 13.5. The smallest absolute Gasteiger partial charge is 0.223 e. The third-order valence-electron chi connectivity index (χ3n) is 6.59. The number of anilines is 2. The lowest BCUT2D eigenvalue weighted by Crippen LogP contribution is -2.34. The Hall–Kier alpha value is -3.02. The minimum Gasteiger partial charge on any atom is -0.505 e. The molecule has 0 radical (unpaired) electrons. The number of hydrogen-bond donors (Lipinski definition) is 10. The third-order valence-corrected chi connectivity index (χ3v) is 16.1. The van der Waals surface area contributed by atoms with E-state index in [0.29, 0.717) is 31.6 Å². The highest BCUT2D eigenvalue weighted by molar-refractivity contribution is 8.45. The molecule has 1 unspecified atom stereocenters. The Kier molecular flexibility index (Phi) is 8.39. The van der Waals surface area contributed by atoms with Crippen molar-refractivity contribution in [1.29, 1.82) is 10.8 Å². The van der Waals surface area contributed by atoms with E-state index >= 15 is 0 Å². The van der Waals surface area contributed by atoms with Gasteiger partial charge < -0.3 is 36.9 Å². The molecule has 0 fully saturated rings. The first-order valence-electron chi connectivity index (χ1n) is 11.9. The molecule has 15 nitrogen and oxygen atoms in total. The maximum Gasteiger partial charge on any atom is 0.223 e. The van der Waals surface area contributed by atoms with Gasteiger partial charge in [0, 0.05) is 11.1 Å². The van der Waals surface area contributed by atoms with Gasteiger partial charge >= 0.3 is 0 Å². The van der Waals surface area contributed by atoms with Crippen LogP contribution in [0.4, 0.5) is 11.4 Å². The number of rotatable bonds is 7. The van der Waals surface area contributed by atoms with Gasteiger partial charge in [-0.1, -0.05) is 9.45 Å². The molecular weight excluding hydrogens is 665 g/mol. The van der Waals surface area contributed by atoms with Crippen LogP contribution < -0.4 is 38.5 Å². The summed E-state index contributed by atoms with van der Waals surface area (Å²) >= 11 is 2.70. The van der Waals surface area contributed by atoms with Crippen molar-refractivity contribution in [3.05, 3.63) is 42.3 Å². The quantitative estimate of drug-likeness (QED) is 0.0162. The average molecular weight is 689 g/mol. The summed E-state index contributed by atoms with van der Waals surface area (Å²) in [4.78, 5) is 34.1.